The Balaban J connectivity index is 4.05. The largest absolute Gasteiger partial charge is 0.305 e. The molecule has 0 rings (SSSR count). The van der Waals surface area contributed by atoms with Gasteiger partial charge in [0.25, 0.3) is 0 Å². The first-order valence-corrected chi connectivity index (χ1v) is 5.95. The van der Waals surface area contributed by atoms with E-state index in [1.807, 2.05) is 13.0 Å². The minimum atomic E-state index is 0.980. The maximum absolute atomic E-state index is 3.74. The Bertz CT molecular complexity index is 241. The summed E-state index contributed by atoms with van der Waals surface area (Å²) in [5.74, 6) is 0. The lowest BCUT2D eigenvalue weighted by Crippen LogP contribution is -2.31. The monoisotopic (exact) mass is 222 g/mol. The van der Waals surface area contributed by atoms with E-state index in [1.54, 1.807) is 0 Å². The number of allylic oxidation sites excluding steroid dienone is 3. The summed E-state index contributed by atoms with van der Waals surface area (Å²) in [5, 5.41) is 0. The van der Waals surface area contributed by atoms with Crippen LogP contribution >= 0.6 is 0 Å². The van der Waals surface area contributed by atoms with Crippen molar-refractivity contribution < 1.29 is 0 Å². The molecule has 0 unspecified atom stereocenters. The smallest absolute Gasteiger partial charge is 0.0231 e. The maximum Gasteiger partial charge on any atom is 0.0231 e. The molecule has 2 heteroatoms. The van der Waals surface area contributed by atoms with Crippen molar-refractivity contribution in [1.82, 2.24) is 9.80 Å². The van der Waals surface area contributed by atoms with Gasteiger partial charge in [0.15, 0.2) is 0 Å². The Labute approximate surface area is 101 Å². The lowest BCUT2D eigenvalue weighted by atomic mass is 10.2. The van der Waals surface area contributed by atoms with Crippen molar-refractivity contribution in [2.24, 2.45) is 0 Å². The molecule has 0 spiro atoms. The molecule has 0 bridgehead atoms. The summed E-state index contributed by atoms with van der Waals surface area (Å²) in [7, 11) is 4.31. The zero-order valence-electron chi connectivity index (χ0n) is 11.2. The van der Waals surface area contributed by atoms with Crippen LogP contribution in [0.1, 0.15) is 13.8 Å². The zero-order chi connectivity index (χ0) is 12.4. The molecule has 0 aromatic carbocycles. The van der Waals surface area contributed by atoms with Gasteiger partial charge in [-0.1, -0.05) is 37.8 Å². The lowest BCUT2D eigenvalue weighted by Gasteiger charge is -2.21. The average Bonchev–Trinajstić information content (AvgIpc) is 2.26. The summed E-state index contributed by atoms with van der Waals surface area (Å²) in [4.78, 5) is 4.66. The van der Waals surface area contributed by atoms with Gasteiger partial charge in [-0.3, -0.25) is 0 Å². The van der Waals surface area contributed by atoms with Crippen LogP contribution in [0.2, 0.25) is 0 Å². The molecular weight excluding hydrogens is 196 g/mol. The second kappa shape index (κ2) is 9.37. The molecule has 2 nitrogen and oxygen atoms in total. The Morgan fingerprint density at radius 3 is 2.31 bits per heavy atom. The molecule has 92 valence electrons. The first kappa shape index (κ1) is 15.1. The number of hydrogen-bond acceptors (Lipinski definition) is 2. The second-order valence-electron chi connectivity index (χ2n) is 4.11. The Morgan fingerprint density at radius 2 is 1.81 bits per heavy atom. The Hall–Kier alpha value is -0.860. The topological polar surface area (TPSA) is 6.48 Å². The normalized spacial score (nSPS) is 13.0. The van der Waals surface area contributed by atoms with E-state index >= 15 is 0 Å². The summed E-state index contributed by atoms with van der Waals surface area (Å²) in [5.41, 5.74) is 1.30. The van der Waals surface area contributed by atoms with Crippen molar-refractivity contribution in [2.45, 2.75) is 13.8 Å². The molecule has 0 radical (unpaired) electrons. The van der Waals surface area contributed by atoms with Crippen molar-refractivity contribution in [2.75, 3.05) is 40.3 Å². The molecule has 0 heterocycles. The predicted octanol–water partition coefficient (Wildman–Crippen LogP) is 2.56. The molecule has 0 fully saturated rings. The molecule has 0 aromatic heterocycles. The van der Waals surface area contributed by atoms with Gasteiger partial charge in [0, 0.05) is 19.6 Å². The fourth-order valence-corrected chi connectivity index (χ4v) is 1.42. The Morgan fingerprint density at radius 1 is 1.19 bits per heavy atom. The van der Waals surface area contributed by atoms with Crippen LogP contribution in [-0.4, -0.2) is 50.1 Å². The molecule has 0 amide bonds. The van der Waals surface area contributed by atoms with Crippen LogP contribution in [-0.2, 0) is 0 Å². The van der Waals surface area contributed by atoms with E-state index in [-0.39, 0.29) is 0 Å². The number of likely N-dealkylation sites (N-methyl/N-ethyl adjacent to an activating group) is 2. The first-order valence-electron chi connectivity index (χ1n) is 5.95. The van der Waals surface area contributed by atoms with Crippen LogP contribution in [0.4, 0.5) is 0 Å². The van der Waals surface area contributed by atoms with Crippen molar-refractivity contribution in [3.05, 3.63) is 36.5 Å². The molecule has 0 aromatic rings. The van der Waals surface area contributed by atoms with E-state index < -0.39 is 0 Å². The maximum atomic E-state index is 3.74. The molecule has 0 aliphatic carbocycles. The second-order valence-corrected chi connectivity index (χ2v) is 4.11. The zero-order valence-corrected chi connectivity index (χ0v) is 11.2. The van der Waals surface area contributed by atoms with E-state index in [4.69, 9.17) is 0 Å². The van der Waals surface area contributed by atoms with Gasteiger partial charge in [-0.2, -0.15) is 0 Å². The van der Waals surface area contributed by atoms with Crippen LogP contribution < -0.4 is 0 Å². The quantitative estimate of drug-likeness (QED) is 0.582. The molecule has 0 aliphatic rings. The highest BCUT2D eigenvalue weighted by atomic mass is 15.2. The molecule has 0 N–H and O–H groups in total. The van der Waals surface area contributed by atoms with Gasteiger partial charge in [0.2, 0.25) is 0 Å². The SMILES string of the molecule is C=C/C=C(\C=C/C)CN(C)CCN(C)CC. The van der Waals surface area contributed by atoms with Gasteiger partial charge < -0.3 is 9.80 Å². The van der Waals surface area contributed by atoms with E-state index in [9.17, 15) is 0 Å². The highest BCUT2D eigenvalue weighted by molar-refractivity contribution is 5.23. The van der Waals surface area contributed by atoms with Crippen LogP contribution in [0, 0.1) is 0 Å². The fraction of sp³-hybridized carbons (Fsp3) is 0.571. The third kappa shape index (κ3) is 7.43. The average molecular weight is 222 g/mol. The number of rotatable bonds is 8. The fourth-order valence-electron chi connectivity index (χ4n) is 1.42. The van der Waals surface area contributed by atoms with Crippen molar-refractivity contribution >= 4 is 0 Å². The predicted molar refractivity (Wildman–Crippen MR) is 73.8 cm³/mol. The minimum Gasteiger partial charge on any atom is -0.305 e. The van der Waals surface area contributed by atoms with Gasteiger partial charge >= 0.3 is 0 Å². The van der Waals surface area contributed by atoms with Crippen molar-refractivity contribution in [3.8, 4) is 0 Å². The van der Waals surface area contributed by atoms with Gasteiger partial charge in [-0.15, -0.1) is 0 Å². The molecule has 0 aliphatic heterocycles. The summed E-state index contributed by atoms with van der Waals surface area (Å²) in [6.45, 7) is 12.3. The van der Waals surface area contributed by atoms with Gasteiger partial charge in [-0.05, 0) is 33.1 Å². The molecule has 16 heavy (non-hydrogen) atoms. The van der Waals surface area contributed by atoms with Crippen LogP contribution in [0.25, 0.3) is 0 Å². The number of hydrogen-bond donors (Lipinski definition) is 0. The standard InChI is InChI=1S/C14H26N2/c1-6-9-14(10-7-2)13-16(5)12-11-15(4)8-3/h6-7,9-10H,1,8,11-13H2,2-5H3/b10-7-,14-9+. The molecule has 0 saturated carbocycles. The van der Waals surface area contributed by atoms with E-state index in [0.29, 0.717) is 0 Å². The third-order valence-electron chi connectivity index (χ3n) is 2.57. The van der Waals surface area contributed by atoms with Gasteiger partial charge in [0.1, 0.15) is 0 Å². The highest BCUT2D eigenvalue weighted by Crippen LogP contribution is 2.00. The molecule has 0 atom stereocenters. The van der Waals surface area contributed by atoms with Crippen LogP contribution in [0.15, 0.2) is 36.5 Å². The Kier molecular flexibility index (Phi) is 8.87. The highest BCUT2D eigenvalue weighted by Gasteiger charge is 2.01. The molecular formula is C14H26N2. The van der Waals surface area contributed by atoms with E-state index in [1.165, 1.54) is 5.57 Å². The summed E-state index contributed by atoms with van der Waals surface area (Å²) >= 11 is 0. The minimum absolute atomic E-state index is 0.980. The van der Waals surface area contributed by atoms with Gasteiger partial charge in [0.05, 0.1) is 0 Å². The van der Waals surface area contributed by atoms with Crippen molar-refractivity contribution in [1.29, 1.82) is 0 Å². The van der Waals surface area contributed by atoms with E-state index in [2.05, 4.69) is 55.6 Å². The van der Waals surface area contributed by atoms with Crippen LogP contribution in [0.3, 0.4) is 0 Å². The van der Waals surface area contributed by atoms with Gasteiger partial charge in [-0.25, -0.2) is 0 Å². The molecule has 0 saturated heterocycles. The summed E-state index contributed by atoms with van der Waals surface area (Å²) in [6, 6.07) is 0. The van der Waals surface area contributed by atoms with Crippen LogP contribution in [0.5, 0.6) is 0 Å². The summed E-state index contributed by atoms with van der Waals surface area (Å²) in [6.07, 6.45) is 8.13. The number of nitrogens with zero attached hydrogens (tertiary/aromatic N) is 2. The first-order chi connectivity index (χ1) is 7.63. The van der Waals surface area contributed by atoms with Crippen molar-refractivity contribution in [3.63, 3.8) is 0 Å². The van der Waals surface area contributed by atoms with E-state index in [0.717, 1.165) is 26.2 Å². The summed E-state index contributed by atoms with van der Waals surface area (Å²) < 4.78 is 0. The third-order valence-corrected chi connectivity index (χ3v) is 2.57. The lowest BCUT2D eigenvalue weighted by molar-refractivity contribution is 0.276.